The van der Waals surface area contributed by atoms with Gasteiger partial charge in [0, 0.05) is 19.3 Å². The monoisotopic (exact) mass is 301 g/mol. The van der Waals surface area contributed by atoms with Crippen molar-refractivity contribution in [1.29, 1.82) is 0 Å². The molecule has 1 N–H and O–H groups in total. The van der Waals surface area contributed by atoms with Crippen molar-refractivity contribution >= 4 is 30.8 Å². The van der Waals surface area contributed by atoms with Crippen molar-refractivity contribution in [3.8, 4) is 0 Å². The van der Waals surface area contributed by atoms with Gasteiger partial charge in [-0.1, -0.05) is 25.7 Å². The van der Waals surface area contributed by atoms with Crippen LogP contribution in [0.15, 0.2) is 0 Å². The van der Waals surface area contributed by atoms with E-state index in [4.69, 9.17) is 4.74 Å². The summed E-state index contributed by atoms with van der Waals surface area (Å²) >= 11 is 4.05. The van der Waals surface area contributed by atoms with Gasteiger partial charge in [-0.15, -0.1) is 12.6 Å². The first kappa shape index (κ1) is 17.0. The fourth-order valence-corrected chi connectivity index (χ4v) is 2.48. The van der Waals surface area contributed by atoms with Crippen LogP contribution in [0.5, 0.6) is 0 Å². The van der Waals surface area contributed by atoms with Crippen molar-refractivity contribution in [2.24, 2.45) is 0 Å². The van der Waals surface area contributed by atoms with Gasteiger partial charge in [0.25, 0.3) is 0 Å². The standard InChI is InChI=1S/C14H23NO4S/c16-9-7-5-3-1-2-4-6-8-12(17)15-11-10-13(20)19-14(11)18/h9,11,13,20H,1-8,10H2,(H,15,17)/t11-,13?/m0/s1. The molecule has 1 unspecified atom stereocenters. The van der Waals surface area contributed by atoms with E-state index in [1.54, 1.807) is 0 Å². The lowest BCUT2D eigenvalue weighted by atomic mass is 10.1. The number of cyclic esters (lactones) is 1. The zero-order valence-electron chi connectivity index (χ0n) is 11.7. The maximum atomic E-state index is 11.6. The van der Waals surface area contributed by atoms with Gasteiger partial charge in [-0.2, -0.15) is 0 Å². The van der Waals surface area contributed by atoms with Crippen molar-refractivity contribution in [3.05, 3.63) is 0 Å². The maximum absolute atomic E-state index is 11.6. The van der Waals surface area contributed by atoms with E-state index in [1.165, 1.54) is 0 Å². The Hall–Kier alpha value is -1.04. The third kappa shape index (κ3) is 6.93. The van der Waals surface area contributed by atoms with Gasteiger partial charge in [0.1, 0.15) is 17.8 Å². The highest BCUT2D eigenvalue weighted by Gasteiger charge is 2.33. The Morgan fingerprint density at radius 2 is 1.90 bits per heavy atom. The smallest absolute Gasteiger partial charge is 0.329 e. The van der Waals surface area contributed by atoms with E-state index in [2.05, 4.69) is 17.9 Å². The number of amides is 1. The number of aldehydes is 1. The minimum absolute atomic E-state index is 0.102. The number of carbonyl (C=O) groups is 3. The van der Waals surface area contributed by atoms with E-state index in [-0.39, 0.29) is 5.91 Å². The van der Waals surface area contributed by atoms with Gasteiger partial charge < -0.3 is 14.8 Å². The number of hydrogen-bond acceptors (Lipinski definition) is 5. The highest BCUT2D eigenvalue weighted by Crippen LogP contribution is 2.17. The molecule has 0 aliphatic carbocycles. The lowest BCUT2D eigenvalue weighted by Crippen LogP contribution is -2.37. The summed E-state index contributed by atoms with van der Waals surface area (Å²) in [5.74, 6) is -0.496. The molecule has 1 saturated heterocycles. The van der Waals surface area contributed by atoms with Crippen LogP contribution >= 0.6 is 12.6 Å². The molecule has 1 aliphatic heterocycles. The number of rotatable bonds is 10. The Labute approximate surface area is 125 Å². The molecule has 0 spiro atoms. The Morgan fingerprint density at radius 1 is 1.25 bits per heavy atom. The van der Waals surface area contributed by atoms with Crippen LogP contribution < -0.4 is 5.32 Å². The Morgan fingerprint density at radius 3 is 2.50 bits per heavy atom. The second kappa shape index (κ2) is 9.80. The molecule has 0 aromatic heterocycles. The highest BCUT2D eigenvalue weighted by atomic mass is 32.1. The van der Waals surface area contributed by atoms with E-state index in [0.29, 0.717) is 19.3 Å². The zero-order valence-corrected chi connectivity index (χ0v) is 12.6. The third-order valence-electron chi connectivity index (χ3n) is 3.29. The normalized spacial score (nSPS) is 21.6. The SMILES string of the molecule is O=CCCCCCCCCC(=O)N[C@H]1CC(S)OC1=O. The molecule has 114 valence electrons. The van der Waals surface area contributed by atoms with Crippen molar-refractivity contribution in [2.75, 3.05) is 0 Å². The predicted octanol–water partition coefficient (Wildman–Crippen LogP) is 1.99. The van der Waals surface area contributed by atoms with Crippen LogP contribution in [-0.2, 0) is 19.1 Å². The highest BCUT2D eigenvalue weighted by molar-refractivity contribution is 7.80. The number of carbonyl (C=O) groups excluding carboxylic acids is 3. The van der Waals surface area contributed by atoms with Crippen molar-refractivity contribution in [1.82, 2.24) is 5.32 Å². The molecule has 2 atom stereocenters. The summed E-state index contributed by atoms with van der Waals surface area (Å²) < 4.78 is 4.85. The quantitative estimate of drug-likeness (QED) is 0.280. The lowest BCUT2D eigenvalue weighted by molar-refractivity contribution is -0.142. The molecular formula is C14H23NO4S. The fraction of sp³-hybridized carbons (Fsp3) is 0.786. The van der Waals surface area contributed by atoms with Crippen LogP contribution in [0.4, 0.5) is 0 Å². The van der Waals surface area contributed by atoms with Gasteiger partial charge in [-0.05, 0) is 12.8 Å². The molecule has 1 fully saturated rings. The molecule has 1 heterocycles. The van der Waals surface area contributed by atoms with Gasteiger partial charge in [0.2, 0.25) is 5.91 Å². The summed E-state index contributed by atoms with van der Waals surface area (Å²) in [6.45, 7) is 0. The summed E-state index contributed by atoms with van der Waals surface area (Å²) in [4.78, 5) is 33.1. The molecular weight excluding hydrogens is 278 g/mol. The largest absolute Gasteiger partial charge is 0.450 e. The van der Waals surface area contributed by atoms with Gasteiger partial charge in [0.15, 0.2) is 0 Å². The van der Waals surface area contributed by atoms with Crippen LogP contribution in [-0.4, -0.2) is 29.6 Å². The lowest BCUT2D eigenvalue weighted by Gasteiger charge is -2.08. The molecule has 1 aliphatic rings. The van der Waals surface area contributed by atoms with Crippen LogP contribution in [0, 0.1) is 0 Å². The molecule has 0 aromatic carbocycles. The zero-order chi connectivity index (χ0) is 14.8. The van der Waals surface area contributed by atoms with E-state index in [9.17, 15) is 14.4 Å². The van der Waals surface area contributed by atoms with Gasteiger partial charge in [-0.25, -0.2) is 4.79 Å². The van der Waals surface area contributed by atoms with Crippen molar-refractivity contribution < 1.29 is 19.1 Å². The number of nitrogens with one attached hydrogen (secondary N) is 1. The predicted molar refractivity (Wildman–Crippen MR) is 78.4 cm³/mol. The van der Waals surface area contributed by atoms with Crippen molar-refractivity contribution in [3.63, 3.8) is 0 Å². The van der Waals surface area contributed by atoms with Gasteiger partial charge in [0.05, 0.1) is 0 Å². The minimum atomic E-state index is -0.534. The molecule has 20 heavy (non-hydrogen) atoms. The van der Waals surface area contributed by atoms with Crippen LogP contribution in [0.25, 0.3) is 0 Å². The minimum Gasteiger partial charge on any atom is -0.450 e. The average Bonchev–Trinajstić information content (AvgIpc) is 2.71. The molecule has 0 aromatic rings. The van der Waals surface area contributed by atoms with Gasteiger partial charge in [-0.3, -0.25) is 4.79 Å². The average molecular weight is 301 g/mol. The molecule has 0 bridgehead atoms. The van der Waals surface area contributed by atoms with E-state index in [1.807, 2.05) is 0 Å². The summed E-state index contributed by atoms with van der Waals surface area (Å²) in [5, 5.41) is 2.68. The van der Waals surface area contributed by atoms with Crippen LogP contribution in [0.2, 0.25) is 0 Å². The Kier molecular flexibility index (Phi) is 8.34. The first-order chi connectivity index (χ1) is 9.63. The molecule has 5 nitrogen and oxygen atoms in total. The number of thiol groups is 1. The molecule has 1 rings (SSSR count). The van der Waals surface area contributed by atoms with E-state index < -0.39 is 17.4 Å². The second-order valence-electron chi connectivity index (χ2n) is 5.07. The first-order valence-electron chi connectivity index (χ1n) is 7.25. The third-order valence-corrected chi connectivity index (χ3v) is 3.60. The molecule has 1 amide bonds. The second-order valence-corrected chi connectivity index (χ2v) is 5.65. The number of esters is 1. The Balaban J connectivity index is 1.98. The van der Waals surface area contributed by atoms with Crippen LogP contribution in [0.1, 0.15) is 57.8 Å². The van der Waals surface area contributed by atoms with Crippen LogP contribution in [0.3, 0.4) is 0 Å². The van der Waals surface area contributed by atoms with Crippen molar-refractivity contribution in [2.45, 2.75) is 69.3 Å². The summed E-state index contributed by atoms with van der Waals surface area (Å²) in [6, 6.07) is -0.534. The Bertz CT molecular complexity index is 335. The van der Waals surface area contributed by atoms with E-state index >= 15 is 0 Å². The fourth-order valence-electron chi connectivity index (χ4n) is 2.17. The molecule has 0 saturated carbocycles. The summed E-state index contributed by atoms with van der Waals surface area (Å²) in [5.41, 5.74) is -0.404. The number of ether oxygens (including phenoxy) is 1. The molecule has 0 radical (unpaired) electrons. The van der Waals surface area contributed by atoms with Gasteiger partial charge >= 0.3 is 5.97 Å². The number of unbranched alkanes of at least 4 members (excludes halogenated alkanes) is 6. The maximum Gasteiger partial charge on any atom is 0.329 e. The topological polar surface area (TPSA) is 72.5 Å². The summed E-state index contributed by atoms with van der Waals surface area (Å²) in [7, 11) is 0. The number of hydrogen-bond donors (Lipinski definition) is 2. The van der Waals surface area contributed by atoms with E-state index in [0.717, 1.165) is 44.8 Å². The summed E-state index contributed by atoms with van der Waals surface area (Å²) in [6.07, 6.45) is 8.51. The molecule has 6 heteroatoms. The first-order valence-corrected chi connectivity index (χ1v) is 7.76.